The molecule has 1 saturated heterocycles. The van der Waals surface area contributed by atoms with Crippen molar-refractivity contribution in [3.63, 3.8) is 0 Å². The summed E-state index contributed by atoms with van der Waals surface area (Å²) in [5.74, 6) is -3.39. The number of halogens is 2. The molecular formula is C19H22F2N2O2S. The predicted octanol–water partition coefficient (Wildman–Crippen LogP) is 3.31. The monoisotopic (exact) mass is 380 g/mol. The topological polar surface area (TPSA) is 40.6 Å². The molecule has 2 aromatic carbocycles. The van der Waals surface area contributed by atoms with E-state index in [1.54, 1.807) is 12.1 Å². The molecule has 0 radical (unpaired) electrons. The first-order valence-corrected chi connectivity index (χ1v) is 10.1. The van der Waals surface area contributed by atoms with Crippen LogP contribution in [-0.2, 0) is 16.4 Å². The van der Waals surface area contributed by atoms with Crippen LogP contribution in [0.25, 0.3) is 0 Å². The maximum absolute atomic E-state index is 12.6. The number of benzene rings is 2. The molecule has 26 heavy (non-hydrogen) atoms. The van der Waals surface area contributed by atoms with Crippen molar-refractivity contribution >= 4 is 15.5 Å². The zero-order valence-electron chi connectivity index (χ0n) is 14.6. The quantitative estimate of drug-likeness (QED) is 0.798. The first-order valence-electron chi connectivity index (χ1n) is 8.52. The Hall–Kier alpha value is -1.99. The van der Waals surface area contributed by atoms with Gasteiger partial charge in [-0.1, -0.05) is 24.3 Å². The Balaban J connectivity index is 1.61. The van der Waals surface area contributed by atoms with Gasteiger partial charge in [0, 0.05) is 38.4 Å². The van der Waals surface area contributed by atoms with Crippen molar-refractivity contribution in [2.45, 2.75) is 24.1 Å². The van der Waals surface area contributed by atoms with Gasteiger partial charge < -0.3 is 4.90 Å². The van der Waals surface area contributed by atoms with Crippen molar-refractivity contribution in [1.29, 1.82) is 0 Å². The van der Waals surface area contributed by atoms with Crippen LogP contribution in [0, 0.1) is 6.92 Å². The van der Waals surface area contributed by atoms with Crippen molar-refractivity contribution in [2.75, 3.05) is 31.1 Å². The van der Waals surface area contributed by atoms with E-state index in [-0.39, 0.29) is 4.90 Å². The van der Waals surface area contributed by atoms with Gasteiger partial charge in [0.2, 0.25) is 9.84 Å². The lowest BCUT2D eigenvalue weighted by molar-refractivity contribution is 0.234. The second-order valence-corrected chi connectivity index (χ2v) is 8.41. The lowest BCUT2D eigenvalue weighted by Gasteiger charge is -2.36. The Bertz CT molecular complexity index is 846. The van der Waals surface area contributed by atoms with Crippen LogP contribution in [0.3, 0.4) is 0 Å². The largest absolute Gasteiger partial charge is 0.369 e. The standard InChI is InChI=1S/C19H22F2N2O2S/c1-15-4-2-3-5-16(15)14-22-10-12-23(13-11-22)17-6-8-18(9-7-17)26(24,25)19(20)21/h2-9,19H,10-14H2,1H3. The molecule has 0 aliphatic carbocycles. The van der Waals surface area contributed by atoms with Crippen molar-refractivity contribution in [3.05, 3.63) is 59.7 Å². The molecule has 7 heteroatoms. The molecule has 0 bridgehead atoms. The third kappa shape index (κ3) is 4.04. The first kappa shape index (κ1) is 18.8. The molecule has 4 nitrogen and oxygen atoms in total. The number of sulfone groups is 1. The van der Waals surface area contributed by atoms with Gasteiger partial charge in [0.05, 0.1) is 4.90 Å². The average molecular weight is 380 g/mol. The Morgan fingerprint density at radius 2 is 1.58 bits per heavy atom. The molecular weight excluding hydrogens is 358 g/mol. The highest BCUT2D eigenvalue weighted by molar-refractivity contribution is 7.91. The normalized spacial score (nSPS) is 16.2. The number of aryl methyl sites for hydroxylation is 1. The van der Waals surface area contributed by atoms with E-state index >= 15 is 0 Å². The van der Waals surface area contributed by atoms with Gasteiger partial charge in [-0.3, -0.25) is 4.90 Å². The summed E-state index contributed by atoms with van der Waals surface area (Å²) in [6, 6.07) is 14.1. The minimum Gasteiger partial charge on any atom is -0.369 e. The third-order valence-electron chi connectivity index (χ3n) is 4.79. The Morgan fingerprint density at radius 3 is 2.15 bits per heavy atom. The second kappa shape index (κ2) is 7.72. The number of piperazine rings is 1. The number of alkyl halides is 2. The van der Waals surface area contributed by atoms with E-state index in [0.717, 1.165) is 38.4 Å². The Labute approximate surface area is 153 Å². The first-order chi connectivity index (χ1) is 12.4. The maximum atomic E-state index is 12.6. The maximum Gasteiger partial charge on any atom is 0.341 e. The summed E-state index contributed by atoms with van der Waals surface area (Å²) < 4.78 is 48.2. The highest BCUT2D eigenvalue weighted by atomic mass is 32.2. The molecule has 0 aromatic heterocycles. The fraction of sp³-hybridized carbons (Fsp3) is 0.368. The van der Waals surface area contributed by atoms with Crippen molar-refractivity contribution < 1.29 is 17.2 Å². The van der Waals surface area contributed by atoms with Crippen LogP contribution in [0.5, 0.6) is 0 Å². The van der Waals surface area contributed by atoms with Gasteiger partial charge >= 0.3 is 5.76 Å². The smallest absolute Gasteiger partial charge is 0.341 e. The van der Waals surface area contributed by atoms with Crippen LogP contribution in [0.4, 0.5) is 14.5 Å². The minimum absolute atomic E-state index is 0.338. The van der Waals surface area contributed by atoms with Crippen molar-refractivity contribution in [2.24, 2.45) is 0 Å². The van der Waals surface area contributed by atoms with E-state index in [1.807, 2.05) is 12.1 Å². The van der Waals surface area contributed by atoms with Gasteiger partial charge in [-0.25, -0.2) is 8.42 Å². The molecule has 1 aliphatic heterocycles. The van der Waals surface area contributed by atoms with E-state index in [9.17, 15) is 17.2 Å². The summed E-state index contributed by atoms with van der Waals surface area (Å²) in [6.07, 6.45) is 0. The fourth-order valence-corrected chi connectivity index (χ4v) is 3.86. The highest BCUT2D eigenvalue weighted by Gasteiger charge is 2.26. The summed E-state index contributed by atoms with van der Waals surface area (Å²) in [6.45, 7) is 6.43. The number of anilines is 1. The zero-order valence-corrected chi connectivity index (χ0v) is 15.4. The summed E-state index contributed by atoms with van der Waals surface area (Å²) in [5, 5.41) is 0. The van der Waals surface area contributed by atoms with Crippen LogP contribution in [-0.4, -0.2) is 45.3 Å². The minimum atomic E-state index is -4.53. The summed E-state index contributed by atoms with van der Waals surface area (Å²) in [4.78, 5) is 4.19. The van der Waals surface area contributed by atoms with Gasteiger partial charge in [-0.05, 0) is 42.3 Å². The molecule has 2 aromatic rings. The molecule has 1 heterocycles. The molecule has 140 valence electrons. The van der Waals surface area contributed by atoms with Crippen LogP contribution in [0.15, 0.2) is 53.4 Å². The van der Waals surface area contributed by atoms with Crippen molar-refractivity contribution in [1.82, 2.24) is 4.90 Å². The summed E-state index contributed by atoms with van der Waals surface area (Å²) in [5.41, 5.74) is 3.46. The number of hydrogen-bond donors (Lipinski definition) is 0. The van der Waals surface area contributed by atoms with E-state index in [1.165, 1.54) is 23.3 Å². The molecule has 0 unspecified atom stereocenters. The van der Waals surface area contributed by atoms with E-state index in [4.69, 9.17) is 0 Å². The third-order valence-corrected chi connectivity index (χ3v) is 6.19. The number of rotatable bonds is 5. The van der Waals surface area contributed by atoms with Crippen molar-refractivity contribution in [3.8, 4) is 0 Å². The summed E-state index contributed by atoms with van der Waals surface area (Å²) in [7, 11) is -4.53. The molecule has 1 aliphatic rings. The molecule has 0 amide bonds. The molecule has 0 N–H and O–H groups in total. The van der Waals surface area contributed by atoms with E-state index < -0.39 is 15.6 Å². The van der Waals surface area contributed by atoms with Gasteiger partial charge in [-0.2, -0.15) is 8.78 Å². The Morgan fingerprint density at radius 1 is 0.962 bits per heavy atom. The van der Waals surface area contributed by atoms with Gasteiger partial charge in [0.25, 0.3) is 0 Å². The molecule has 3 rings (SSSR count). The highest BCUT2D eigenvalue weighted by Crippen LogP contribution is 2.23. The molecule has 0 atom stereocenters. The van der Waals surface area contributed by atoms with Crippen LogP contribution in [0.1, 0.15) is 11.1 Å². The lowest BCUT2D eigenvalue weighted by atomic mass is 10.1. The second-order valence-electron chi connectivity index (χ2n) is 6.49. The average Bonchev–Trinajstić information content (AvgIpc) is 2.64. The lowest BCUT2D eigenvalue weighted by Crippen LogP contribution is -2.46. The van der Waals surface area contributed by atoms with Crippen LogP contribution < -0.4 is 4.90 Å². The summed E-state index contributed by atoms with van der Waals surface area (Å²) >= 11 is 0. The van der Waals surface area contributed by atoms with E-state index in [2.05, 4.69) is 28.9 Å². The predicted molar refractivity (Wildman–Crippen MR) is 98.3 cm³/mol. The SMILES string of the molecule is Cc1ccccc1CN1CCN(c2ccc(S(=O)(=O)C(F)F)cc2)CC1. The molecule has 0 saturated carbocycles. The zero-order chi connectivity index (χ0) is 18.7. The van der Waals surface area contributed by atoms with Crippen LogP contribution in [0.2, 0.25) is 0 Å². The van der Waals surface area contributed by atoms with Gasteiger partial charge in [0.1, 0.15) is 0 Å². The van der Waals surface area contributed by atoms with E-state index in [0.29, 0.717) is 0 Å². The molecule has 0 spiro atoms. The molecule has 1 fully saturated rings. The number of hydrogen-bond acceptors (Lipinski definition) is 4. The van der Waals surface area contributed by atoms with Crippen LogP contribution >= 0.6 is 0 Å². The van der Waals surface area contributed by atoms with Gasteiger partial charge in [-0.15, -0.1) is 0 Å². The number of nitrogens with zero attached hydrogens (tertiary/aromatic N) is 2. The fourth-order valence-electron chi connectivity index (χ4n) is 3.14. The Kier molecular flexibility index (Phi) is 5.58. The van der Waals surface area contributed by atoms with Gasteiger partial charge in [0.15, 0.2) is 0 Å².